The number of nitrogens with zero attached hydrogens (tertiary/aromatic N) is 4. The summed E-state index contributed by atoms with van der Waals surface area (Å²) >= 11 is 0. The summed E-state index contributed by atoms with van der Waals surface area (Å²) in [5, 5.41) is 4.46. The molecule has 0 aliphatic carbocycles. The van der Waals surface area contributed by atoms with E-state index in [4.69, 9.17) is 5.73 Å². The van der Waals surface area contributed by atoms with Gasteiger partial charge in [0.05, 0.1) is 12.2 Å². The Hall–Kier alpha value is -0.910. The number of nitrogens with two attached hydrogens (primary N) is 1. The summed E-state index contributed by atoms with van der Waals surface area (Å²) in [5.74, 6) is 0. The molecule has 0 amide bonds. The lowest BCUT2D eigenvalue weighted by molar-refractivity contribution is 0.0737. The van der Waals surface area contributed by atoms with Crippen molar-refractivity contribution in [1.82, 2.24) is 19.6 Å². The fraction of sp³-hybridized carbons (Fsp3) is 0.800. The molecule has 2 saturated heterocycles. The van der Waals surface area contributed by atoms with Crippen LogP contribution in [0.2, 0.25) is 0 Å². The smallest absolute Gasteiger partial charge is 0.0538 e. The molecule has 2 aliphatic heterocycles. The zero-order valence-corrected chi connectivity index (χ0v) is 12.5. The average Bonchev–Trinajstić information content (AvgIpc) is 3.09. The molecule has 0 bridgehead atoms. The number of piperazine rings is 1. The number of rotatable bonds is 5. The maximum atomic E-state index is 6.06. The zero-order chi connectivity index (χ0) is 13.9. The largest absolute Gasteiger partial charge is 0.329 e. The van der Waals surface area contributed by atoms with Gasteiger partial charge in [-0.05, 0) is 25.8 Å². The summed E-state index contributed by atoms with van der Waals surface area (Å²) in [5.41, 5.74) is 7.35. The lowest BCUT2D eigenvalue weighted by Crippen LogP contribution is -2.52. The molecule has 1 aromatic rings. The van der Waals surface area contributed by atoms with Crippen molar-refractivity contribution in [2.75, 3.05) is 32.7 Å². The lowest BCUT2D eigenvalue weighted by atomic mass is 10.1. The standard InChI is InChI=1S/C15H27N5/c1-2-5-20-11-13(10-17-20)15(9-16)19-8-7-18-6-3-4-14(18)12-19/h10-11,14-15H,2-9,12,16H2,1H3. The van der Waals surface area contributed by atoms with E-state index in [1.807, 2.05) is 10.9 Å². The molecule has 1 aromatic heterocycles. The quantitative estimate of drug-likeness (QED) is 0.875. The van der Waals surface area contributed by atoms with Crippen LogP contribution in [0, 0.1) is 0 Å². The summed E-state index contributed by atoms with van der Waals surface area (Å²) in [6.07, 6.45) is 8.02. The van der Waals surface area contributed by atoms with Crippen LogP contribution in [0.1, 0.15) is 37.8 Å². The van der Waals surface area contributed by atoms with Crippen LogP contribution >= 0.6 is 0 Å². The van der Waals surface area contributed by atoms with Gasteiger partial charge in [0.1, 0.15) is 0 Å². The van der Waals surface area contributed by atoms with E-state index >= 15 is 0 Å². The average molecular weight is 277 g/mol. The van der Waals surface area contributed by atoms with Gasteiger partial charge in [0.25, 0.3) is 0 Å². The second kappa shape index (κ2) is 6.24. The van der Waals surface area contributed by atoms with Crippen LogP contribution in [-0.4, -0.2) is 58.3 Å². The van der Waals surface area contributed by atoms with E-state index in [0.29, 0.717) is 12.6 Å². The molecule has 0 saturated carbocycles. The van der Waals surface area contributed by atoms with Crippen molar-refractivity contribution in [3.05, 3.63) is 18.0 Å². The Morgan fingerprint density at radius 1 is 1.40 bits per heavy atom. The van der Waals surface area contributed by atoms with Crippen molar-refractivity contribution in [3.63, 3.8) is 0 Å². The van der Waals surface area contributed by atoms with Crippen molar-refractivity contribution in [3.8, 4) is 0 Å². The minimum Gasteiger partial charge on any atom is -0.329 e. The fourth-order valence-electron chi connectivity index (χ4n) is 3.70. The number of aromatic nitrogens is 2. The van der Waals surface area contributed by atoms with Gasteiger partial charge in [0, 0.05) is 50.5 Å². The van der Waals surface area contributed by atoms with Gasteiger partial charge in [-0.25, -0.2) is 0 Å². The predicted molar refractivity (Wildman–Crippen MR) is 80.5 cm³/mol. The molecule has 2 fully saturated rings. The summed E-state index contributed by atoms with van der Waals surface area (Å²) in [7, 11) is 0. The van der Waals surface area contributed by atoms with Crippen LogP contribution in [0.3, 0.4) is 0 Å². The maximum absolute atomic E-state index is 6.06. The van der Waals surface area contributed by atoms with Gasteiger partial charge in [-0.2, -0.15) is 5.10 Å². The second-order valence-electron chi connectivity index (χ2n) is 6.12. The van der Waals surface area contributed by atoms with Crippen molar-refractivity contribution in [2.24, 2.45) is 5.73 Å². The van der Waals surface area contributed by atoms with Gasteiger partial charge in [0.2, 0.25) is 0 Å². The Labute approximate surface area is 121 Å². The van der Waals surface area contributed by atoms with Crippen molar-refractivity contribution >= 4 is 0 Å². The zero-order valence-electron chi connectivity index (χ0n) is 12.5. The first-order chi connectivity index (χ1) is 9.81. The molecule has 5 heteroatoms. The van der Waals surface area contributed by atoms with Gasteiger partial charge in [-0.3, -0.25) is 14.5 Å². The van der Waals surface area contributed by atoms with E-state index in [9.17, 15) is 0 Å². The van der Waals surface area contributed by atoms with Crippen molar-refractivity contribution in [2.45, 2.75) is 44.8 Å². The Kier molecular flexibility index (Phi) is 4.38. The SMILES string of the molecule is CCCn1cc(C(CN)N2CCN3CCCC3C2)cn1. The Morgan fingerprint density at radius 2 is 2.30 bits per heavy atom. The number of fused-ring (bicyclic) bond motifs is 1. The third-order valence-electron chi connectivity index (χ3n) is 4.77. The van der Waals surface area contributed by atoms with Gasteiger partial charge < -0.3 is 5.73 Å². The molecule has 0 spiro atoms. The van der Waals surface area contributed by atoms with E-state index < -0.39 is 0 Å². The van der Waals surface area contributed by atoms with E-state index in [-0.39, 0.29) is 0 Å². The monoisotopic (exact) mass is 277 g/mol. The highest BCUT2D eigenvalue weighted by Gasteiger charge is 2.33. The lowest BCUT2D eigenvalue weighted by Gasteiger charge is -2.41. The summed E-state index contributed by atoms with van der Waals surface area (Å²) in [6, 6.07) is 1.09. The molecule has 2 aliphatic rings. The molecule has 2 atom stereocenters. The highest BCUT2D eigenvalue weighted by molar-refractivity contribution is 5.12. The van der Waals surface area contributed by atoms with Crippen molar-refractivity contribution in [1.29, 1.82) is 0 Å². The normalized spacial score (nSPS) is 25.8. The molecule has 112 valence electrons. The van der Waals surface area contributed by atoms with Crippen LogP contribution in [0.25, 0.3) is 0 Å². The molecule has 2 N–H and O–H groups in total. The first-order valence-electron chi connectivity index (χ1n) is 8.02. The van der Waals surface area contributed by atoms with E-state index in [1.54, 1.807) is 0 Å². The molecule has 0 radical (unpaired) electrons. The summed E-state index contributed by atoms with van der Waals surface area (Å²) in [4.78, 5) is 5.21. The third-order valence-corrected chi connectivity index (χ3v) is 4.77. The Bertz CT molecular complexity index is 430. The van der Waals surface area contributed by atoms with Gasteiger partial charge in [0.15, 0.2) is 0 Å². The van der Waals surface area contributed by atoms with Crippen LogP contribution in [0.4, 0.5) is 0 Å². The maximum Gasteiger partial charge on any atom is 0.0538 e. The predicted octanol–water partition coefficient (Wildman–Crippen LogP) is 1.07. The molecule has 5 nitrogen and oxygen atoms in total. The van der Waals surface area contributed by atoms with Gasteiger partial charge >= 0.3 is 0 Å². The molecular weight excluding hydrogens is 250 g/mol. The molecule has 3 rings (SSSR count). The molecule has 2 unspecified atom stereocenters. The highest BCUT2D eigenvalue weighted by atomic mass is 15.3. The Balaban J connectivity index is 1.68. The number of hydrogen-bond acceptors (Lipinski definition) is 4. The molecule has 0 aromatic carbocycles. The summed E-state index contributed by atoms with van der Waals surface area (Å²) < 4.78 is 2.05. The topological polar surface area (TPSA) is 50.3 Å². The van der Waals surface area contributed by atoms with Crippen LogP contribution < -0.4 is 5.73 Å². The Morgan fingerprint density at radius 3 is 3.10 bits per heavy atom. The van der Waals surface area contributed by atoms with Crippen LogP contribution in [0.5, 0.6) is 0 Å². The third kappa shape index (κ3) is 2.75. The second-order valence-corrected chi connectivity index (χ2v) is 6.12. The summed E-state index contributed by atoms with van der Waals surface area (Å²) in [6.45, 7) is 8.65. The first-order valence-corrected chi connectivity index (χ1v) is 8.02. The minimum atomic E-state index is 0.336. The minimum absolute atomic E-state index is 0.336. The first kappa shape index (κ1) is 14.0. The number of aryl methyl sites for hydroxylation is 1. The number of hydrogen-bond donors (Lipinski definition) is 1. The van der Waals surface area contributed by atoms with E-state index in [1.165, 1.54) is 38.0 Å². The highest BCUT2D eigenvalue weighted by Crippen LogP contribution is 2.27. The molecule has 3 heterocycles. The van der Waals surface area contributed by atoms with E-state index in [2.05, 4.69) is 28.0 Å². The molecule has 20 heavy (non-hydrogen) atoms. The van der Waals surface area contributed by atoms with Crippen molar-refractivity contribution < 1.29 is 0 Å². The van der Waals surface area contributed by atoms with Gasteiger partial charge in [-0.1, -0.05) is 6.92 Å². The van der Waals surface area contributed by atoms with E-state index in [0.717, 1.165) is 25.6 Å². The van der Waals surface area contributed by atoms with Crippen LogP contribution in [-0.2, 0) is 6.54 Å². The fourth-order valence-corrected chi connectivity index (χ4v) is 3.70. The van der Waals surface area contributed by atoms with Gasteiger partial charge in [-0.15, -0.1) is 0 Å². The van der Waals surface area contributed by atoms with Crippen LogP contribution in [0.15, 0.2) is 12.4 Å². The molecular formula is C15H27N5.